The van der Waals surface area contributed by atoms with Crippen LogP contribution in [0.25, 0.3) is 125 Å². The van der Waals surface area contributed by atoms with Gasteiger partial charge in [-0.3, -0.25) is 0 Å². The van der Waals surface area contributed by atoms with Crippen molar-refractivity contribution >= 4 is 68.0 Å². The van der Waals surface area contributed by atoms with Gasteiger partial charge < -0.3 is 0 Å². The summed E-state index contributed by atoms with van der Waals surface area (Å²) in [5.41, 5.74) is 25.4. The molecular weight excluding hydrogens is 1020 g/mol. The standard InChI is InChI=1S/C69H42S6/c1-4-10-40(11-5-1)55-22-28-61(70-55)64-31-25-58(73-64)44-18-20-49-47(34-44)38-53-67(49)52-36-43-16-17-46(60-27-33-66(75-60)63-30-24-57(72-63)42-14-8-3-9-15-42)37-51(43)69(52)54-39-48-35-45(19-21-50(48)68(53)54)59-26-32-65(74-59)62-29-23-56(71-62)41-12-6-2-7-13-41/h1-35,37H,36,38-39H2. The van der Waals surface area contributed by atoms with E-state index in [9.17, 15) is 0 Å². The van der Waals surface area contributed by atoms with Crippen molar-refractivity contribution in [2.45, 2.75) is 19.3 Å². The van der Waals surface area contributed by atoms with Crippen molar-refractivity contribution in [1.82, 2.24) is 0 Å². The summed E-state index contributed by atoms with van der Waals surface area (Å²) in [6, 6.07) is 82.0. The minimum atomic E-state index is 0.945. The molecule has 75 heavy (non-hydrogen) atoms. The Hall–Kier alpha value is -7.26. The molecule has 0 fully saturated rings. The molecule has 0 bridgehead atoms. The lowest BCUT2D eigenvalue weighted by Crippen LogP contribution is -1.97. The molecule has 6 heteroatoms. The fraction of sp³-hybridized carbons (Fsp3) is 0.0435. The Kier molecular flexibility index (Phi) is 10.4. The van der Waals surface area contributed by atoms with Crippen molar-refractivity contribution in [3.63, 3.8) is 0 Å². The SMILES string of the molecule is c1ccc(-c2ccc(-c3ccc(-c4ccc5c(c4)Cc4c-5c5c(c6c4-c4ccc(-c7ccc(-c8ccc(-c9ccccc9)s8)s7)cc4C6)-c4cc(-c6ccc(-c7ccc(-c8ccccc8)s7)s6)ccc4C5)s3)s2)cc1. The van der Waals surface area contributed by atoms with E-state index < -0.39 is 0 Å². The molecule has 0 spiro atoms. The van der Waals surface area contributed by atoms with Crippen LogP contribution in [0.4, 0.5) is 0 Å². The Balaban J connectivity index is 0.772. The fourth-order valence-corrected chi connectivity index (χ4v) is 18.3. The van der Waals surface area contributed by atoms with E-state index in [2.05, 4.69) is 218 Å². The van der Waals surface area contributed by atoms with Crippen LogP contribution in [-0.2, 0) is 19.3 Å². The molecule has 13 aromatic rings. The van der Waals surface area contributed by atoms with E-state index in [0.717, 1.165) is 19.3 Å². The number of fused-ring (bicyclic) bond motifs is 12. The second-order valence-electron chi connectivity index (χ2n) is 19.8. The number of benzene rings is 7. The number of rotatable bonds is 9. The average Bonchev–Trinajstić information content (AvgIpc) is 4.43. The number of thiophene rings is 6. The van der Waals surface area contributed by atoms with Crippen molar-refractivity contribution < 1.29 is 0 Å². The largest absolute Gasteiger partial charge is 0.134 e. The van der Waals surface area contributed by atoms with Gasteiger partial charge in [0, 0.05) is 58.5 Å². The lowest BCUT2D eigenvalue weighted by Gasteiger charge is -2.17. The van der Waals surface area contributed by atoms with E-state index in [1.807, 2.05) is 68.0 Å². The van der Waals surface area contributed by atoms with Gasteiger partial charge in [-0.05, 0) is 210 Å². The first kappa shape index (κ1) is 44.1. The normalized spacial score (nSPS) is 12.6. The summed E-state index contributed by atoms with van der Waals surface area (Å²) in [6.45, 7) is 0. The second-order valence-corrected chi connectivity index (χ2v) is 26.3. The van der Waals surface area contributed by atoms with Crippen LogP contribution in [0.2, 0.25) is 0 Å². The predicted molar refractivity (Wildman–Crippen MR) is 327 cm³/mol. The van der Waals surface area contributed by atoms with Crippen molar-refractivity contribution in [3.05, 3.63) is 252 Å². The zero-order valence-electron chi connectivity index (χ0n) is 40.4. The summed E-state index contributed by atoms with van der Waals surface area (Å²) in [5, 5.41) is 0. The Morgan fingerprint density at radius 2 is 0.480 bits per heavy atom. The van der Waals surface area contributed by atoms with Gasteiger partial charge in [0.2, 0.25) is 0 Å². The van der Waals surface area contributed by atoms with Crippen molar-refractivity contribution in [2.24, 2.45) is 0 Å². The van der Waals surface area contributed by atoms with Crippen molar-refractivity contribution in [3.8, 4) is 125 Å². The third kappa shape index (κ3) is 7.45. The molecule has 0 saturated carbocycles. The van der Waals surface area contributed by atoms with Crippen LogP contribution in [0.1, 0.15) is 33.4 Å². The monoisotopic (exact) mass is 1060 g/mol. The van der Waals surface area contributed by atoms with E-state index in [4.69, 9.17) is 0 Å². The Morgan fingerprint density at radius 1 is 0.200 bits per heavy atom. The van der Waals surface area contributed by atoms with Crippen LogP contribution in [-0.4, -0.2) is 0 Å². The van der Waals surface area contributed by atoms with Gasteiger partial charge in [0.1, 0.15) is 0 Å². The molecule has 0 unspecified atom stereocenters. The first-order valence-corrected chi connectivity index (χ1v) is 30.4. The lowest BCUT2D eigenvalue weighted by molar-refractivity contribution is 1.21. The van der Waals surface area contributed by atoms with Gasteiger partial charge in [-0.1, -0.05) is 127 Å². The Bertz CT molecular complexity index is 4370. The van der Waals surface area contributed by atoms with E-state index in [1.165, 1.54) is 159 Å². The molecule has 6 aromatic heterocycles. The summed E-state index contributed by atoms with van der Waals surface area (Å²) >= 11 is 11.4. The first-order chi connectivity index (χ1) is 37.1. The summed E-state index contributed by atoms with van der Waals surface area (Å²) in [7, 11) is 0. The maximum Gasteiger partial charge on any atom is 0.0449 e. The van der Waals surface area contributed by atoms with E-state index in [1.54, 1.807) is 0 Å². The maximum atomic E-state index is 2.53. The third-order valence-corrected chi connectivity index (χ3v) is 22.8. The zero-order valence-corrected chi connectivity index (χ0v) is 45.3. The average molecular weight is 1060 g/mol. The smallest absolute Gasteiger partial charge is 0.0449 e. The summed E-state index contributed by atoms with van der Waals surface area (Å²) in [4.78, 5) is 15.9. The van der Waals surface area contributed by atoms with Gasteiger partial charge in [0.15, 0.2) is 0 Å². The highest BCUT2D eigenvalue weighted by Gasteiger charge is 2.38. The molecular formula is C69H42S6. The predicted octanol–water partition coefficient (Wildman–Crippen LogP) is 21.8. The van der Waals surface area contributed by atoms with Crippen LogP contribution < -0.4 is 0 Å². The third-order valence-electron chi connectivity index (χ3n) is 15.4. The Morgan fingerprint density at radius 3 is 0.840 bits per heavy atom. The highest BCUT2D eigenvalue weighted by molar-refractivity contribution is 7.26. The molecule has 0 atom stereocenters. The van der Waals surface area contributed by atoms with E-state index in [-0.39, 0.29) is 0 Å². The molecule has 0 aliphatic heterocycles. The molecule has 3 aliphatic rings. The molecule has 0 amide bonds. The minimum Gasteiger partial charge on any atom is -0.134 e. The summed E-state index contributed by atoms with van der Waals surface area (Å²) in [6.07, 6.45) is 2.86. The van der Waals surface area contributed by atoms with Crippen LogP contribution in [0, 0.1) is 0 Å². The highest BCUT2D eigenvalue weighted by atomic mass is 32.1. The Labute approximate surface area is 460 Å². The van der Waals surface area contributed by atoms with Gasteiger partial charge in [-0.15, -0.1) is 68.0 Å². The number of hydrogen-bond acceptors (Lipinski definition) is 6. The van der Waals surface area contributed by atoms with Gasteiger partial charge in [-0.2, -0.15) is 0 Å². The molecule has 7 aromatic carbocycles. The maximum absolute atomic E-state index is 2.53. The molecule has 6 heterocycles. The van der Waals surface area contributed by atoms with Crippen LogP contribution >= 0.6 is 68.0 Å². The van der Waals surface area contributed by atoms with Crippen LogP contribution in [0.5, 0.6) is 0 Å². The van der Waals surface area contributed by atoms with E-state index in [0.29, 0.717) is 0 Å². The highest BCUT2D eigenvalue weighted by Crippen LogP contribution is 2.58. The lowest BCUT2D eigenvalue weighted by atomic mass is 9.86. The molecule has 0 saturated heterocycles. The van der Waals surface area contributed by atoms with Crippen LogP contribution in [0.3, 0.4) is 0 Å². The van der Waals surface area contributed by atoms with Gasteiger partial charge in [-0.25, -0.2) is 0 Å². The van der Waals surface area contributed by atoms with Gasteiger partial charge in [0.25, 0.3) is 0 Å². The van der Waals surface area contributed by atoms with Crippen LogP contribution in [0.15, 0.2) is 218 Å². The van der Waals surface area contributed by atoms with Gasteiger partial charge in [0.05, 0.1) is 0 Å². The molecule has 0 N–H and O–H groups in total. The summed E-state index contributed by atoms with van der Waals surface area (Å²) in [5.74, 6) is 0. The fourth-order valence-electron chi connectivity index (χ4n) is 11.9. The summed E-state index contributed by atoms with van der Waals surface area (Å²) < 4.78 is 0. The van der Waals surface area contributed by atoms with E-state index >= 15 is 0 Å². The second kappa shape index (κ2) is 17.7. The number of hydrogen-bond donors (Lipinski definition) is 0. The first-order valence-electron chi connectivity index (χ1n) is 25.5. The van der Waals surface area contributed by atoms with Gasteiger partial charge >= 0.3 is 0 Å². The quantitative estimate of drug-likeness (QED) is 0.135. The molecule has 16 rings (SSSR count). The van der Waals surface area contributed by atoms with Crippen molar-refractivity contribution in [1.29, 1.82) is 0 Å². The minimum absolute atomic E-state index is 0.945. The molecule has 354 valence electrons. The topological polar surface area (TPSA) is 0 Å². The molecule has 0 radical (unpaired) electrons. The van der Waals surface area contributed by atoms with Crippen molar-refractivity contribution in [2.75, 3.05) is 0 Å². The molecule has 0 nitrogen and oxygen atoms in total. The molecule has 3 aliphatic carbocycles. The zero-order chi connectivity index (χ0) is 49.1.